The fourth-order valence-electron chi connectivity index (χ4n) is 2.86. The Morgan fingerprint density at radius 2 is 1.78 bits per heavy atom. The first kappa shape index (κ1) is 19.9. The Bertz CT molecular complexity index is 931. The first-order valence-electron chi connectivity index (χ1n) is 8.39. The smallest absolute Gasteiger partial charge is 0.243 e. The number of sulfonamides is 1. The number of carbonyl (C=O) groups excluding carboxylic acids is 1. The highest BCUT2D eigenvalue weighted by molar-refractivity contribution is 9.10. The fraction of sp³-hybridized carbons (Fsp3) is 0.278. The maximum absolute atomic E-state index is 13.3. The normalized spacial score (nSPS) is 16.2. The van der Waals surface area contributed by atoms with Crippen molar-refractivity contribution in [1.29, 1.82) is 0 Å². The number of nitrogens with one attached hydrogen (secondary N) is 1. The molecule has 1 amide bonds. The SMILES string of the molecule is O=C(CN1CCN(S(=O)(=O)c2cccc(F)c2)CC1)Nc1ccccc1Br. The second kappa shape index (κ2) is 8.47. The highest BCUT2D eigenvalue weighted by atomic mass is 79.9. The molecule has 1 aliphatic heterocycles. The minimum atomic E-state index is -3.73. The van der Waals surface area contributed by atoms with Crippen LogP contribution in [0.4, 0.5) is 10.1 Å². The third kappa shape index (κ3) is 4.92. The number of amides is 1. The van der Waals surface area contributed by atoms with E-state index in [1.807, 2.05) is 23.1 Å². The van der Waals surface area contributed by atoms with E-state index in [2.05, 4.69) is 21.2 Å². The van der Waals surface area contributed by atoms with E-state index in [-0.39, 0.29) is 30.4 Å². The van der Waals surface area contributed by atoms with Crippen LogP contribution in [0.15, 0.2) is 57.9 Å². The molecule has 1 saturated heterocycles. The van der Waals surface area contributed by atoms with Crippen LogP contribution in [0.2, 0.25) is 0 Å². The van der Waals surface area contributed by atoms with Crippen molar-refractivity contribution in [1.82, 2.24) is 9.21 Å². The van der Waals surface area contributed by atoms with Gasteiger partial charge in [-0.15, -0.1) is 0 Å². The third-order valence-corrected chi connectivity index (χ3v) is 6.87. The molecule has 0 saturated carbocycles. The van der Waals surface area contributed by atoms with E-state index in [0.717, 1.165) is 10.5 Å². The van der Waals surface area contributed by atoms with Gasteiger partial charge in [-0.2, -0.15) is 4.31 Å². The van der Waals surface area contributed by atoms with Crippen molar-refractivity contribution in [2.24, 2.45) is 0 Å². The summed E-state index contributed by atoms with van der Waals surface area (Å²) in [6.07, 6.45) is 0. The first-order chi connectivity index (χ1) is 12.9. The van der Waals surface area contributed by atoms with Gasteiger partial charge in [0.05, 0.1) is 17.1 Å². The van der Waals surface area contributed by atoms with E-state index < -0.39 is 15.8 Å². The number of hydrogen-bond acceptors (Lipinski definition) is 4. The van der Waals surface area contributed by atoms with Crippen LogP contribution >= 0.6 is 15.9 Å². The Morgan fingerprint density at radius 3 is 2.44 bits per heavy atom. The molecule has 6 nitrogen and oxygen atoms in total. The van der Waals surface area contributed by atoms with Crippen LogP contribution in [0.1, 0.15) is 0 Å². The highest BCUT2D eigenvalue weighted by Crippen LogP contribution is 2.21. The zero-order chi connectivity index (χ0) is 19.4. The van der Waals surface area contributed by atoms with Crippen LogP contribution < -0.4 is 5.32 Å². The molecule has 9 heteroatoms. The van der Waals surface area contributed by atoms with Crippen molar-refractivity contribution in [2.45, 2.75) is 4.90 Å². The lowest BCUT2D eigenvalue weighted by Crippen LogP contribution is -2.50. The maximum Gasteiger partial charge on any atom is 0.243 e. The molecule has 1 aliphatic rings. The standard InChI is InChI=1S/C18H19BrFN3O3S/c19-16-6-1-2-7-17(16)21-18(24)13-22-8-10-23(11-9-22)27(25,26)15-5-3-4-14(20)12-15/h1-7,12H,8-11,13H2,(H,21,24). The van der Waals surface area contributed by atoms with E-state index in [9.17, 15) is 17.6 Å². The Balaban J connectivity index is 1.56. The number of para-hydroxylation sites is 1. The van der Waals surface area contributed by atoms with Crippen LogP contribution in [0.5, 0.6) is 0 Å². The summed E-state index contributed by atoms with van der Waals surface area (Å²) in [4.78, 5) is 14.1. The summed E-state index contributed by atoms with van der Waals surface area (Å²) in [7, 11) is -3.73. The number of halogens is 2. The van der Waals surface area contributed by atoms with Gasteiger partial charge in [-0.05, 0) is 46.3 Å². The monoisotopic (exact) mass is 455 g/mol. The zero-order valence-corrected chi connectivity index (χ0v) is 16.8. The van der Waals surface area contributed by atoms with Crippen LogP contribution in [-0.2, 0) is 14.8 Å². The van der Waals surface area contributed by atoms with Gasteiger partial charge in [0.1, 0.15) is 5.82 Å². The van der Waals surface area contributed by atoms with Crippen molar-refractivity contribution >= 4 is 37.5 Å². The summed E-state index contributed by atoms with van der Waals surface area (Å²) >= 11 is 3.38. The molecule has 144 valence electrons. The molecule has 0 radical (unpaired) electrons. The second-order valence-electron chi connectivity index (χ2n) is 6.17. The lowest BCUT2D eigenvalue weighted by Gasteiger charge is -2.33. The summed E-state index contributed by atoms with van der Waals surface area (Å²) in [6, 6.07) is 12.3. The van der Waals surface area contributed by atoms with E-state index >= 15 is 0 Å². The van der Waals surface area contributed by atoms with Gasteiger partial charge in [0.15, 0.2) is 0 Å². The third-order valence-electron chi connectivity index (χ3n) is 4.28. The molecule has 1 fully saturated rings. The van der Waals surface area contributed by atoms with E-state index in [1.54, 1.807) is 6.07 Å². The van der Waals surface area contributed by atoms with Crippen LogP contribution in [-0.4, -0.2) is 56.3 Å². The highest BCUT2D eigenvalue weighted by Gasteiger charge is 2.29. The molecule has 0 unspecified atom stereocenters. The Kier molecular flexibility index (Phi) is 6.25. The van der Waals surface area contributed by atoms with Crippen LogP contribution in [0.25, 0.3) is 0 Å². The van der Waals surface area contributed by atoms with E-state index in [1.165, 1.54) is 22.5 Å². The van der Waals surface area contributed by atoms with Crippen molar-refractivity contribution < 1.29 is 17.6 Å². The van der Waals surface area contributed by atoms with Crippen LogP contribution in [0, 0.1) is 5.82 Å². The fourth-order valence-corrected chi connectivity index (χ4v) is 4.70. The molecular weight excluding hydrogens is 437 g/mol. The quantitative estimate of drug-likeness (QED) is 0.751. The maximum atomic E-state index is 13.3. The van der Waals surface area contributed by atoms with E-state index in [4.69, 9.17) is 0 Å². The zero-order valence-electron chi connectivity index (χ0n) is 14.4. The summed E-state index contributed by atoms with van der Waals surface area (Å²) in [5.41, 5.74) is 0.690. The van der Waals surface area contributed by atoms with Crippen molar-refractivity contribution in [3.63, 3.8) is 0 Å². The van der Waals surface area contributed by atoms with Gasteiger partial charge in [0.25, 0.3) is 0 Å². The van der Waals surface area contributed by atoms with Gasteiger partial charge in [-0.25, -0.2) is 12.8 Å². The Hall–Kier alpha value is -1.81. The average molecular weight is 456 g/mol. The van der Waals surface area contributed by atoms with Gasteiger partial charge in [0.2, 0.25) is 15.9 Å². The van der Waals surface area contributed by atoms with Gasteiger partial charge in [-0.1, -0.05) is 18.2 Å². The lowest BCUT2D eigenvalue weighted by atomic mass is 10.3. The molecule has 1 heterocycles. The summed E-state index contributed by atoms with van der Waals surface area (Å²) in [6.45, 7) is 1.54. The number of rotatable bonds is 5. The first-order valence-corrected chi connectivity index (χ1v) is 10.6. The predicted molar refractivity (Wildman–Crippen MR) is 104 cm³/mol. The van der Waals surface area contributed by atoms with Crippen molar-refractivity contribution in [3.8, 4) is 0 Å². The molecule has 0 aromatic heterocycles. The molecular formula is C18H19BrFN3O3S. The molecule has 3 rings (SSSR count). The largest absolute Gasteiger partial charge is 0.324 e. The lowest BCUT2D eigenvalue weighted by molar-refractivity contribution is -0.117. The van der Waals surface area contributed by atoms with E-state index in [0.29, 0.717) is 18.8 Å². The van der Waals surface area contributed by atoms with Gasteiger partial charge in [0, 0.05) is 30.7 Å². The number of anilines is 1. The predicted octanol–water partition coefficient (Wildman–Crippen LogP) is 2.53. The number of benzene rings is 2. The molecule has 0 aliphatic carbocycles. The number of nitrogens with zero attached hydrogens (tertiary/aromatic N) is 2. The van der Waals surface area contributed by atoms with Crippen molar-refractivity contribution in [2.75, 3.05) is 38.0 Å². The molecule has 0 bridgehead atoms. The topological polar surface area (TPSA) is 69.7 Å². The van der Waals surface area contributed by atoms with Gasteiger partial charge >= 0.3 is 0 Å². The summed E-state index contributed by atoms with van der Waals surface area (Å²) in [5, 5.41) is 2.83. The molecule has 0 atom stereocenters. The van der Waals surface area contributed by atoms with Gasteiger partial charge < -0.3 is 5.32 Å². The summed E-state index contributed by atoms with van der Waals surface area (Å²) < 4.78 is 40.7. The average Bonchev–Trinajstić information content (AvgIpc) is 2.64. The minimum Gasteiger partial charge on any atom is -0.324 e. The Labute approximate surface area is 166 Å². The number of carbonyl (C=O) groups is 1. The molecule has 2 aromatic carbocycles. The van der Waals surface area contributed by atoms with Crippen molar-refractivity contribution in [3.05, 3.63) is 58.8 Å². The Morgan fingerprint density at radius 1 is 1.07 bits per heavy atom. The molecule has 0 spiro atoms. The molecule has 2 aromatic rings. The second-order valence-corrected chi connectivity index (χ2v) is 8.96. The molecule has 1 N–H and O–H groups in total. The van der Waals surface area contributed by atoms with Crippen LogP contribution in [0.3, 0.4) is 0 Å². The number of piperazine rings is 1. The molecule has 27 heavy (non-hydrogen) atoms. The summed E-state index contributed by atoms with van der Waals surface area (Å²) in [5.74, 6) is -0.748. The minimum absolute atomic E-state index is 0.0531. The number of hydrogen-bond donors (Lipinski definition) is 1. The van der Waals surface area contributed by atoms with Gasteiger partial charge in [-0.3, -0.25) is 9.69 Å².